The number of ether oxygens (including phenoxy) is 1. The maximum absolute atomic E-state index is 6.04. The number of fused-ring (bicyclic) bond motifs is 3. The zero-order chi connectivity index (χ0) is 10.0. The normalized spacial score (nSPS) is 41.6. The van der Waals surface area contributed by atoms with Crippen molar-refractivity contribution in [2.45, 2.75) is 25.4 Å². The second kappa shape index (κ2) is 4.17. The molecule has 1 unspecified atom stereocenters. The van der Waals surface area contributed by atoms with Gasteiger partial charge in [0.05, 0.1) is 5.60 Å². The van der Waals surface area contributed by atoms with E-state index in [0.29, 0.717) is 0 Å². The molecule has 3 nitrogen and oxygen atoms in total. The summed E-state index contributed by atoms with van der Waals surface area (Å²) >= 11 is 0. The van der Waals surface area contributed by atoms with Crippen LogP contribution >= 0.6 is 0 Å². The average Bonchev–Trinajstić information content (AvgIpc) is 2.20. The van der Waals surface area contributed by atoms with Crippen LogP contribution in [0, 0.1) is 5.92 Å². The molecule has 0 amide bonds. The lowest BCUT2D eigenvalue weighted by atomic mass is 9.75. The fourth-order valence-corrected chi connectivity index (χ4v) is 3.13. The Morgan fingerprint density at radius 2 is 2.14 bits per heavy atom. The average molecular weight is 198 g/mol. The van der Waals surface area contributed by atoms with E-state index in [0.717, 1.165) is 25.6 Å². The molecule has 3 heteroatoms. The summed E-state index contributed by atoms with van der Waals surface area (Å²) < 4.78 is 6.04. The molecule has 0 aromatic carbocycles. The fourth-order valence-electron chi connectivity index (χ4n) is 3.13. The highest BCUT2D eigenvalue weighted by atomic mass is 16.5. The molecule has 0 saturated carbocycles. The number of hydrogen-bond acceptors (Lipinski definition) is 3. The van der Waals surface area contributed by atoms with E-state index in [4.69, 9.17) is 4.74 Å². The molecule has 3 fully saturated rings. The van der Waals surface area contributed by atoms with Crippen molar-refractivity contribution < 1.29 is 4.74 Å². The molecule has 1 N–H and O–H groups in total. The number of likely N-dealkylation sites (N-methyl/N-ethyl adjacent to an activating group) is 1. The van der Waals surface area contributed by atoms with Crippen LogP contribution in [0.3, 0.4) is 0 Å². The van der Waals surface area contributed by atoms with Crippen LogP contribution in [0.1, 0.15) is 19.8 Å². The Hall–Kier alpha value is -0.120. The molecule has 0 aromatic rings. The third-order valence-electron chi connectivity index (χ3n) is 3.73. The molecule has 0 spiro atoms. The maximum atomic E-state index is 6.04. The molecule has 3 aliphatic heterocycles. The highest BCUT2D eigenvalue weighted by molar-refractivity contribution is 5.00. The van der Waals surface area contributed by atoms with Crippen LogP contribution in [0.4, 0.5) is 0 Å². The first-order valence-electron chi connectivity index (χ1n) is 5.81. The number of rotatable bonds is 4. The van der Waals surface area contributed by atoms with Crippen molar-refractivity contribution >= 4 is 0 Å². The molecule has 3 heterocycles. The van der Waals surface area contributed by atoms with E-state index < -0.39 is 0 Å². The third kappa shape index (κ3) is 1.69. The van der Waals surface area contributed by atoms with Crippen LogP contribution in [0.2, 0.25) is 0 Å². The summed E-state index contributed by atoms with van der Waals surface area (Å²) in [6, 6.07) is 0. The fraction of sp³-hybridized carbons (Fsp3) is 1.00. The first-order chi connectivity index (χ1) is 6.80. The van der Waals surface area contributed by atoms with E-state index in [9.17, 15) is 0 Å². The lowest BCUT2D eigenvalue weighted by Gasteiger charge is -2.52. The lowest BCUT2D eigenvalue weighted by Crippen LogP contribution is -2.63. The van der Waals surface area contributed by atoms with Gasteiger partial charge in [-0.15, -0.1) is 0 Å². The molecule has 82 valence electrons. The van der Waals surface area contributed by atoms with Crippen molar-refractivity contribution in [1.82, 2.24) is 10.2 Å². The van der Waals surface area contributed by atoms with E-state index in [1.54, 1.807) is 0 Å². The zero-order valence-corrected chi connectivity index (χ0v) is 9.38. The number of hydrogen-bond donors (Lipinski definition) is 1. The van der Waals surface area contributed by atoms with E-state index in [-0.39, 0.29) is 5.60 Å². The Morgan fingerprint density at radius 1 is 1.43 bits per heavy atom. The van der Waals surface area contributed by atoms with Gasteiger partial charge < -0.3 is 15.0 Å². The second-order valence-electron chi connectivity index (χ2n) is 4.58. The molecule has 1 atom stereocenters. The predicted octanol–water partition coefficient (Wildman–Crippen LogP) is 0.707. The minimum atomic E-state index is 0.111. The Bertz CT molecular complexity index is 182. The lowest BCUT2D eigenvalue weighted by molar-refractivity contribution is -0.147. The first-order valence-corrected chi connectivity index (χ1v) is 5.81. The molecular weight excluding hydrogens is 176 g/mol. The SMILES string of the molecule is CCOC1(CNC)CN2CCC1CC2. The first kappa shape index (κ1) is 10.4. The molecule has 0 aromatic heterocycles. The van der Waals surface area contributed by atoms with Crippen LogP contribution < -0.4 is 5.32 Å². The van der Waals surface area contributed by atoms with Crippen LogP contribution in [0.5, 0.6) is 0 Å². The number of nitrogens with zero attached hydrogens (tertiary/aromatic N) is 1. The predicted molar refractivity (Wildman–Crippen MR) is 57.4 cm³/mol. The Morgan fingerprint density at radius 3 is 2.57 bits per heavy atom. The standard InChI is InChI=1S/C11H22N2O/c1-3-14-11(8-12-2)9-13-6-4-10(11)5-7-13/h10,12H,3-9H2,1-2H3. The molecule has 3 rings (SSSR count). The van der Waals surface area contributed by atoms with Gasteiger partial charge in [0, 0.05) is 19.7 Å². The van der Waals surface area contributed by atoms with Gasteiger partial charge in [0.15, 0.2) is 0 Å². The van der Waals surface area contributed by atoms with Gasteiger partial charge in [-0.25, -0.2) is 0 Å². The minimum Gasteiger partial charge on any atom is -0.372 e. The van der Waals surface area contributed by atoms with Crippen molar-refractivity contribution in [3.8, 4) is 0 Å². The largest absolute Gasteiger partial charge is 0.372 e. The molecule has 3 saturated heterocycles. The van der Waals surface area contributed by atoms with Gasteiger partial charge in [-0.1, -0.05) is 0 Å². The molecule has 0 aliphatic carbocycles. The third-order valence-corrected chi connectivity index (χ3v) is 3.73. The number of nitrogens with one attached hydrogen (secondary N) is 1. The highest BCUT2D eigenvalue weighted by Crippen LogP contribution is 2.37. The Kier molecular flexibility index (Phi) is 3.10. The Labute approximate surface area is 86.8 Å². The topological polar surface area (TPSA) is 24.5 Å². The quantitative estimate of drug-likeness (QED) is 0.720. The summed E-state index contributed by atoms with van der Waals surface area (Å²) in [4.78, 5) is 2.55. The summed E-state index contributed by atoms with van der Waals surface area (Å²) in [5, 5.41) is 3.30. The monoisotopic (exact) mass is 198 g/mol. The molecule has 2 bridgehead atoms. The van der Waals surface area contributed by atoms with Crippen LogP contribution in [0.15, 0.2) is 0 Å². The van der Waals surface area contributed by atoms with Crippen molar-refractivity contribution in [3.05, 3.63) is 0 Å². The van der Waals surface area contributed by atoms with Crippen molar-refractivity contribution in [2.75, 3.05) is 39.8 Å². The van der Waals surface area contributed by atoms with Gasteiger partial charge in [0.2, 0.25) is 0 Å². The maximum Gasteiger partial charge on any atom is 0.0960 e. The summed E-state index contributed by atoms with van der Waals surface area (Å²) in [5.41, 5.74) is 0.111. The molecule has 14 heavy (non-hydrogen) atoms. The summed E-state index contributed by atoms with van der Waals surface area (Å²) in [6.45, 7) is 7.64. The van der Waals surface area contributed by atoms with Gasteiger partial charge in [-0.3, -0.25) is 0 Å². The number of piperidine rings is 3. The van der Waals surface area contributed by atoms with Crippen LogP contribution in [-0.4, -0.2) is 50.3 Å². The minimum absolute atomic E-state index is 0.111. The van der Waals surface area contributed by atoms with Gasteiger partial charge in [0.25, 0.3) is 0 Å². The van der Waals surface area contributed by atoms with Crippen molar-refractivity contribution in [1.29, 1.82) is 0 Å². The zero-order valence-electron chi connectivity index (χ0n) is 9.38. The highest BCUT2D eigenvalue weighted by Gasteiger charge is 2.46. The second-order valence-corrected chi connectivity index (χ2v) is 4.58. The van der Waals surface area contributed by atoms with Gasteiger partial charge in [-0.05, 0) is 45.8 Å². The Balaban J connectivity index is 2.09. The molecular formula is C11H22N2O. The van der Waals surface area contributed by atoms with Gasteiger partial charge >= 0.3 is 0 Å². The van der Waals surface area contributed by atoms with E-state index >= 15 is 0 Å². The van der Waals surface area contributed by atoms with E-state index in [1.165, 1.54) is 25.9 Å². The van der Waals surface area contributed by atoms with Crippen molar-refractivity contribution in [3.63, 3.8) is 0 Å². The van der Waals surface area contributed by atoms with Gasteiger partial charge in [0.1, 0.15) is 0 Å². The molecule has 0 radical (unpaired) electrons. The summed E-state index contributed by atoms with van der Waals surface area (Å²) in [5.74, 6) is 0.778. The molecule has 3 aliphatic rings. The van der Waals surface area contributed by atoms with Crippen LogP contribution in [0.25, 0.3) is 0 Å². The smallest absolute Gasteiger partial charge is 0.0960 e. The van der Waals surface area contributed by atoms with Gasteiger partial charge in [-0.2, -0.15) is 0 Å². The van der Waals surface area contributed by atoms with E-state index in [1.807, 2.05) is 7.05 Å². The summed E-state index contributed by atoms with van der Waals surface area (Å²) in [6.07, 6.45) is 2.64. The van der Waals surface area contributed by atoms with Crippen LogP contribution in [-0.2, 0) is 4.74 Å². The summed E-state index contributed by atoms with van der Waals surface area (Å²) in [7, 11) is 2.03. The van der Waals surface area contributed by atoms with E-state index in [2.05, 4.69) is 17.1 Å². The van der Waals surface area contributed by atoms with Crippen molar-refractivity contribution in [2.24, 2.45) is 5.92 Å².